The van der Waals surface area contributed by atoms with Crippen LogP contribution in [0, 0.1) is 0 Å². The van der Waals surface area contributed by atoms with Crippen molar-refractivity contribution >= 4 is 51.4 Å². The normalized spacial score (nSPS) is 16.7. The molecule has 1 aliphatic heterocycles. The van der Waals surface area contributed by atoms with Gasteiger partial charge < -0.3 is 42.1 Å². The van der Waals surface area contributed by atoms with Gasteiger partial charge in [0.25, 0.3) is 0 Å². The number of rotatable bonds is 13. The van der Waals surface area contributed by atoms with E-state index in [9.17, 15) is 29.1 Å². The van der Waals surface area contributed by atoms with E-state index in [0.29, 0.717) is 18.5 Å². The Balaban J connectivity index is 1.34. The first kappa shape index (κ1) is 30.3. The molecule has 230 valence electrons. The van der Waals surface area contributed by atoms with Crippen molar-refractivity contribution in [1.29, 1.82) is 0 Å². The van der Waals surface area contributed by atoms with Crippen molar-refractivity contribution in [3.05, 3.63) is 72.1 Å². The molecule has 0 aliphatic carbocycles. The maximum Gasteiger partial charge on any atom is 0.326 e. The second kappa shape index (κ2) is 13.4. The monoisotopic (exact) mass is 601 g/mol. The lowest BCUT2D eigenvalue weighted by atomic mass is 10.0. The molecule has 0 spiro atoms. The number of carboxylic acids is 1. The van der Waals surface area contributed by atoms with Crippen molar-refractivity contribution in [2.45, 2.75) is 56.3 Å². The highest BCUT2D eigenvalue weighted by atomic mass is 16.4. The number of carbonyl (C=O) groups excluding carboxylic acids is 4. The molecule has 9 N–H and O–H groups in total. The zero-order valence-corrected chi connectivity index (χ0v) is 23.9. The van der Waals surface area contributed by atoms with Gasteiger partial charge in [-0.05, 0) is 42.6 Å². The number of H-pyrrole nitrogens is 2. The van der Waals surface area contributed by atoms with Crippen LogP contribution in [0.3, 0.4) is 0 Å². The summed E-state index contributed by atoms with van der Waals surface area (Å²) in [6, 6.07) is 10.5. The van der Waals surface area contributed by atoms with E-state index in [4.69, 9.17) is 5.73 Å². The number of amides is 4. The number of hydrogen-bond donors (Lipinski definition) is 8. The third-order valence-corrected chi connectivity index (χ3v) is 7.86. The van der Waals surface area contributed by atoms with E-state index in [2.05, 4.69) is 31.2 Å². The number of hydrogen-bond acceptors (Lipinski definition) is 6. The maximum atomic E-state index is 13.7. The van der Waals surface area contributed by atoms with Crippen LogP contribution in [0.1, 0.15) is 30.4 Å². The molecule has 4 atom stereocenters. The lowest BCUT2D eigenvalue weighted by Crippen LogP contribution is -2.58. The van der Waals surface area contributed by atoms with Crippen molar-refractivity contribution in [3.63, 3.8) is 0 Å². The summed E-state index contributed by atoms with van der Waals surface area (Å²) in [5.41, 5.74) is 8.51. The molecule has 44 heavy (non-hydrogen) atoms. The Morgan fingerprint density at radius 2 is 1.34 bits per heavy atom. The first-order valence-corrected chi connectivity index (χ1v) is 14.4. The van der Waals surface area contributed by atoms with Crippen LogP contribution in [0.15, 0.2) is 60.9 Å². The van der Waals surface area contributed by atoms with E-state index in [1.165, 1.54) is 0 Å². The van der Waals surface area contributed by atoms with Crippen LogP contribution in [0.2, 0.25) is 0 Å². The fourth-order valence-corrected chi connectivity index (χ4v) is 5.59. The summed E-state index contributed by atoms with van der Waals surface area (Å²) in [6.45, 7) is 0.682. The second-order valence-electron chi connectivity index (χ2n) is 11.0. The van der Waals surface area contributed by atoms with Gasteiger partial charge in [0.05, 0.1) is 12.5 Å². The Morgan fingerprint density at radius 3 is 1.89 bits per heavy atom. The van der Waals surface area contributed by atoms with Gasteiger partial charge in [0.2, 0.25) is 23.6 Å². The highest BCUT2D eigenvalue weighted by Crippen LogP contribution is 2.21. The van der Waals surface area contributed by atoms with Gasteiger partial charge in [0.15, 0.2) is 0 Å². The Morgan fingerprint density at radius 1 is 0.795 bits per heavy atom. The summed E-state index contributed by atoms with van der Waals surface area (Å²) in [7, 11) is 0. The zero-order valence-electron chi connectivity index (χ0n) is 23.9. The number of para-hydroxylation sites is 2. The van der Waals surface area contributed by atoms with E-state index in [0.717, 1.165) is 33.8 Å². The molecule has 3 heterocycles. The van der Waals surface area contributed by atoms with Gasteiger partial charge in [-0.15, -0.1) is 0 Å². The zero-order chi connectivity index (χ0) is 31.2. The number of nitrogens with one attached hydrogen (secondary N) is 6. The fourth-order valence-electron chi connectivity index (χ4n) is 5.59. The standard InChI is InChI=1S/C31H35N7O6/c32-27(39)14-25(30(42)38-26(31(43)44)13-18-16-35-22-9-4-2-7-20(18)22)37-29(41)24(36-28(40)23-10-5-11-33-23)12-17-15-34-21-8-3-1-6-19(17)21/h1-4,6-9,15-16,23-26,33-35H,5,10-14H2,(H2,32,39)(H,36,40)(H,37,41)(H,38,42)(H,43,44). The van der Waals surface area contributed by atoms with Crippen molar-refractivity contribution in [1.82, 2.24) is 31.2 Å². The maximum absolute atomic E-state index is 13.7. The molecular formula is C31H35N7O6. The topological polar surface area (TPSA) is 211 Å². The average Bonchev–Trinajstić information content (AvgIpc) is 3.77. The van der Waals surface area contributed by atoms with Gasteiger partial charge in [0, 0.05) is 47.0 Å². The van der Waals surface area contributed by atoms with E-state index < -0.39 is 54.3 Å². The average molecular weight is 602 g/mol. The molecule has 0 radical (unpaired) electrons. The molecule has 1 fully saturated rings. The van der Waals surface area contributed by atoms with Gasteiger partial charge in [-0.25, -0.2) is 4.79 Å². The van der Waals surface area contributed by atoms with Crippen molar-refractivity contribution < 1.29 is 29.1 Å². The molecule has 1 aliphatic rings. The number of carbonyl (C=O) groups is 5. The summed E-state index contributed by atoms with van der Waals surface area (Å²) in [5, 5.41) is 22.5. The molecule has 1 saturated heterocycles. The quantitative estimate of drug-likeness (QED) is 0.109. The minimum absolute atomic E-state index is 0.0457. The number of aliphatic carboxylic acids is 1. The van der Waals surface area contributed by atoms with E-state index in [-0.39, 0.29) is 18.7 Å². The third kappa shape index (κ3) is 7.06. The van der Waals surface area contributed by atoms with Crippen LogP contribution in [0.25, 0.3) is 21.8 Å². The molecule has 5 rings (SSSR count). The summed E-state index contributed by atoms with van der Waals surface area (Å²) >= 11 is 0. The number of nitrogens with two attached hydrogens (primary N) is 1. The van der Waals surface area contributed by atoms with Gasteiger partial charge in [-0.2, -0.15) is 0 Å². The minimum Gasteiger partial charge on any atom is -0.480 e. The Labute approximate surface area is 252 Å². The summed E-state index contributed by atoms with van der Waals surface area (Å²) in [5.74, 6) is -4.13. The first-order valence-electron chi connectivity index (χ1n) is 14.4. The van der Waals surface area contributed by atoms with Gasteiger partial charge in [-0.3, -0.25) is 19.2 Å². The van der Waals surface area contributed by atoms with Gasteiger partial charge >= 0.3 is 5.97 Å². The summed E-state index contributed by atoms with van der Waals surface area (Å²) < 4.78 is 0. The molecule has 13 nitrogen and oxygen atoms in total. The number of benzene rings is 2. The number of carboxylic acid groups (broad SMARTS) is 1. The molecule has 0 bridgehead atoms. The number of fused-ring (bicyclic) bond motifs is 2. The minimum atomic E-state index is -1.48. The van der Waals surface area contributed by atoms with Crippen molar-refractivity contribution in [2.24, 2.45) is 5.73 Å². The SMILES string of the molecule is NC(=O)CC(NC(=O)C(Cc1c[nH]c2ccccc12)NC(=O)C1CCCN1)C(=O)NC(Cc1c[nH]c2ccccc12)C(=O)O. The van der Waals surface area contributed by atoms with Crippen molar-refractivity contribution in [2.75, 3.05) is 6.54 Å². The molecule has 13 heteroatoms. The molecule has 4 aromatic rings. The molecule has 2 aromatic heterocycles. The molecule has 4 amide bonds. The summed E-state index contributed by atoms with van der Waals surface area (Å²) in [6.07, 6.45) is 4.34. The molecule has 4 unspecified atom stereocenters. The van der Waals surface area contributed by atoms with Crippen LogP contribution in [0.4, 0.5) is 0 Å². The number of primary amides is 1. The molecular weight excluding hydrogens is 566 g/mol. The van der Waals surface area contributed by atoms with E-state index in [1.54, 1.807) is 12.4 Å². The molecule has 2 aromatic carbocycles. The van der Waals surface area contributed by atoms with E-state index in [1.807, 2.05) is 48.5 Å². The smallest absolute Gasteiger partial charge is 0.326 e. The van der Waals surface area contributed by atoms with Crippen molar-refractivity contribution in [3.8, 4) is 0 Å². The fraction of sp³-hybridized carbons (Fsp3) is 0.323. The predicted octanol–water partition coefficient (Wildman–Crippen LogP) is 0.601. The Kier molecular flexibility index (Phi) is 9.24. The third-order valence-electron chi connectivity index (χ3n) is 7.86. The molecule has 0 saturated carbocycles. The second-order valence-corrected chi connectivity index (χ2v) is 11.0. The Hall–Kier alpha value is -5.17. The largest absolute Gasteiger partial charge is 0.480 e. The number of aromatic amines is 2. The highest BCUT2D eigenvalue weighted by molar-refractivity contribution is 5.97. The highest BCUT2D eigenvalue weighted by Gasteiger charge is 2.33. The van der Waals surface area contributed by atoms with Gasteiger partial charge in [-0.1, -0.05) is 36.4 Å². The Bertz CT molecular complexity index is 1690. The predicted molar refractivity (Wildman–Crippen MR) is 162 cm³/mol. The van der Waals surface area contributed by atoms with Crippen LogP contribution in [-0.4, -0.2) is 75.4 Å². The number of aromatic nitrogens is 2. The van der Waals surface area contributed by atoms with Crippen LogP contribution < -0.4 is 27.0 Å². The lowest BCUT2D eigenvalue weighted by Gasteiger charge is -2.25. The summed E-state index contributed by atoms with van der Waals surface area (Å²) in [4.78, 5) is 70.4. The van der Waals surface area contributed by atoms with Crippen LogP contribution >= 0.6 is 0 Å². The van der Waals surface area contributed by atoms with E-state index >= 15 is 0 Å². The lowest BCUT2D eigenvalue weighted by molar-refractivity contribution is -0.142. The van der Waals surface area contributed by atoms with Crippen LogP contribution in [0.5, 0.6) is 0 Å². The van der Waals surface area contributed by atoms with Crippen LogP contribution in [-0.2, 0) is 36.8 Å². The first-order chi connectivity index (χ1) is 21.2. The van der Waals surface area contributed by atoms with Gasteiger partial charge in [0.1, 0.15) is 18.1 Å².